The summed E-state index contributed by atoms with van der Waals surface area (Å²) in [6.45, 7) is 8.89. The summed E-state index contributed by atoms with van der Waals surface area (Å²) in [6.07, 6.45) is 0. The van der Waals surface area contributed by atoms with Gasteiger partial charge in [0.25, 0.3) is 0 Å². The third-order valence-corrected chi connectivity index (χ3v) is 4.28. The Hall–Kier alpha value is -1.48. The van der Waals surface area contributed by atoms with E-state index < -0.39 is 0 Å². The van der Waals surface area contributed by atoms with Crippen molar-refractivity contribution >= 4 is 34.1 Å². The maximum Gasteiger partial charge on any atom is 0.236 e. The smallest absolute Gasteiger partial charge is 0.236 e. The lowest BCUT2D eigenvalue weighted by molar-refractivity contribution is -0.113. The van der Waals surface area contributed by atoms with E-state index in [1.54, 1.807) is 0 Å². The lowest BCUT2D eigenvalue weighted by Crippen LogP contribution is -2.15. The molecule has 7 nitrogen and oxygen atoms in total. The molecule has 0 bridgehead atoms. The molecule has 0 fully saturated rings. The number of amides is 1. The van der Waals surface area contributed by atoms with Gasteiger partial charge in [-0.15, -0.1) is 20.4 Å². The molecular weight excluding hydrogens is 308 g/mol. The van der Waals surface area contributed by atoms with Crippen molar-refractivity contribution in [3.8, 4) is 0 Å². The molecule has 0 unspecified atom stereocenters. The topological polar surface area (TPSA) is 85.6 Å². The zero-order valence-electron chi connectivity index (χ0n) is 12.5. The van der Waals surface area contributed by atoms with E-state index in [9.17, 15) is 4.79 Å². The first-order chi connectivity index (χ1) is 9.95. The van der Waals surface area contributed by atoms with Crippen LogP contribution in [0.5, 0.6) is 0 Å². The molecule has 2 heterocycles. The summed E-state index contributed by atoms with van der Waals surface area (Å²) in [7, 11) is 0. The minimum atomic E-state index is -0.118. The zero-order chi connectivity index (χ0) is 15.4. The quantitative estimate of drug-likeness (QED) is 0.819. The number of hydrogen-bond donors (Lipinski definition) is 1. The first-order valence-electron chi connectivity index (χ1n) is 6.58. The molecular formula is C12H18N6OS2. The monoisotopic (exact) mass is 326 g/mol. The lowest BCUT2D eigenvalue weighted by atomic mass is 10.2. The summed E-state index contributed by atoms with van der Waals surface area (Å²) in [5.41, 5.74) is 0. The van der Waals surface area contributed by atoms with Crippen LogP contribution in [0.25, 0.3) is 0 Å². The fourth-order valence-corrected chi connectivity index (χ4v) is 3.08. The molecule has 0 aliphatic carbocycles. The average Bonchev–Trinajstić information content (AvgIpc) is 2.95. The van der Waals surface area contributed by atoms with Gasteiger partial charge in [0, 0.05) is 6.54 Å². The molecule has 0 radical (unpaired) electrons. The largest absolute Gasteiger partial charge is 0.306 e. The maximum atomic E-state index is 11.9. The van der Waals surface area contributed by atoms with Crippen molar-refractivity contribution in [1.29, 1.82) is 0 Å². The van der Waals surface area contributed by atoms with E-state index in [0.717, 1.165) is 22.5 Å². The summed E-state index contributed by atoms with van der Waals surface area (Å²) >= 11 is 2.73. The van der Waals surface area contributed by atoms with Gasteiger partial charge in [-0.25, -0.2) is 0 Å². The average molecular weight is 326 g/mol. The van der Waals surface area contributed by atoms with Crippen molar-refractivity contribution in [1.82, 2.24) is 25.0 Å². The van der Waals surface area contributed by atoms with E-state index in [2.05, 4.69) is 39.6 Å². The highest BCUT2D eigenvalue weighted by atomic mass is 32.2. The number of anilines is 1. The Morgan fingerprint density at radius 2 is 2.05 bits per heavy atom. The molecule has 1 amide bonds. The molecule has 0 aliphatic rings. The van der Waals surface area contributed by atoms with Crippen LogP contribution in [0.1, 0.15) is 24.7 Å². The standard InChI is InChI=1S/C12H18N6OS2/c1-7(2)5-18-8(3)14-17-12(18)20-6-10(19)13-11-16-15-9(4)21-11/h7H,5-6H2,1-4H3,(H,13,16,19). The van der Waals surface area contributed by atoms with Crippen LogP contribution in [-0.4, -0.2) is 36.6 Å². The number of carbonyl (C=O) groups excluding carboxylic acids is 1. The van der Waals surface area contributed by atoms with Crippen LogP contribution < -0.4 is 5.32 Å². The minimum absolute atomic E-state index is 0.118. The summed E-state index contributed by atoms with van der Waals surface area (Å²) in [5.74, 6) is 1.52. The van der Waals surface area contributed by atoms with Crippen LogP contribution in [0, 0.1) is 19.8 Å². The van der Waals surface area contributed by atoms with Crippen molar-refractivity contribution in [2.24, 2.45) is 5.92 Å². The second kappa shape index (κ2) is 6.99. The van der Waals surface area contributed by atoms with Crippen LogP contribution in [-0.2, 0) is 11.3 Å². The first-order valence-corrected chi connectivity index (χ1v) is 8.38. The Labute approximate surface area is 131 Å². The van der Waals surface area contributed by atoms with Gasteiger partial charge in [-0.05, 0) is 19.8 Å². The molecule has 1 N–H and O–H groups in total. The molecule has 0 aliphatic heterocycles. The highest BCUT2D eigenvalue weighted by Crippen LogP contribution is 2.19. The highest BCUT2D eigenvalue weighted by molar-refractivity contribution is 7.99. The molecule has 2 rings (SSSR count). The number of aryl methyl sites for hydroxylation is 2. The second-order valence-electron chi connectivity index (χ2n) is 5.00. The predicted octanol–water partition coefficient (Wildman–Crippen LogP) is 2.13. The van der Waals surface area contributed by atoms with E-state index in [-0.39, 0.29) is 11.7 Å². The third kappa shape index (κ3) is 4.50. The number of aromatic nitrogens is 5. The number of nitrogens with zero attached hydrogens (tertiary/aromatic N) is 5. The first kappa shape index (κ1) is 15.9. The minimum Gasteiger partial charge on any atom is -0.306 e. The number of rotatable bonds is 6. The molecule has 0 spiro atoms. The summed E-state index contributed by atoms with van der Waals surface area (Å²) in [4.78, 5) is 11.9. The van der Waals surface area contributed by atoms with Crippen molar-refractivity contribution < 1.29 is 4.79 Å². The molecule has 0 aromatic carbocycles. The second-order valence-corrected chi connectivity index (χ2v) is 7.12. The molecule has 114 valence electrons. The van der Waals surface area contributed by atoms with Crippen molar-refractivity contribution in [3.05, 3.63) is 10.8 Å². The summed E-state index contributed by atoms with van der Waals surface area (Å²) in [6, 6.07) is 0. The molecule has 9 heteroatoms. The Kier molecular flexibility index (Phi) is 5.29. The van der Waals surface area contributed by atoms with Crippen molar-refractivity contribution in [3.63, 3.8) is 0 Å². The zero-order valence-corrected chi connectivity index (χ0v) is 14.1. The fourth-order valence-electron chi connectivity index (χ4n) is 1.68. The van der Waals surface area contributed by atoms with Crippen LogP contribution in [0.2, 0.25) is 0 Å². The molecule has 21 heavy (non-hydrogen) atoms. The third-order valence-electron chi connectivity index (χ3n) is 2.55. The van der Waals surface area contributed by atoms with Gasteiger partial charge in [-0.2, -0.15) is 0 Å². The van der Waals surface area contributed by atoms with Crippen LogP contribution >= 0.6 is 23.1 Å². The van der Waals surface area contributed by atoms with Gasteiger partial charge in [0.2, 0.25) is 11.0 Å². The fraction of sp³-hybridized carbons (Fsp3) is 0.583. The molecule has 0 saturated carbocycles. The molecule has 2 aromatic heterocycles. The van der Waals surface area contributed by atoms with E-state index in [1.807, 2.05) is 18.4 Å². The van der Waals surface area contributed by atoms with Crippen LogP contribution in [0.4, 0.5) is 5.13 Å². The Morgan fingerprint density at radius 3 is 2.67 bits per heavy atom. The SMILES string of the molecule is Cc1nnc(NC(=O)CSc2nnc(C)n2CC(C)C)s1. The van der Waals surface area contributed by atoms with Gasteiger partial charge >= 0.3 is 0 Å². The highest BCUT2D eigenvalue weighted by Gasteiger charge is 2.13. The van der Waals surface area contributed by atoms with E-state index in [0.29, 0.717) is 11.0 Å². The number of hydrogen-bond acceptors (Lipinski definition) is 7. The Balaban J connectivity index is 1.92. The Morgan fingerprint density at radius 1 is 1.29 bits per heavy atom. The van der Waals surface area contributed by atoms with Gasteiger partial charge in [-0.1, -0.05) is 36.9 Å². The molecule has 0 saturated heterocycles. The molecule has 2 aromatic rings. The van der Waals surface area contributed by atoms with E-state index in [4.69, 9.17) is 0 Å². The van der Waals surface area contributed by atoms with Gasteiger partial charge in [0.15, 0.2) is 5.16 Å². The van der Waals surface area contributed by atoms with Gasteiger partial charge in [0.05, 0.1) is 5.75 Å². The number of carbonyl (C=O) groups is 1. The lowest BCUT2D eigenvalue weighted by Gasteiger charge is -2.10. The number of nitrogens with one attached hydrogen (secondary N) is 1. The molecule has 0 atom stereocenters. The predicted molar refractivity (Wildman–Crippen MR) is 83.6 cm³/mol. The maximum absolute atomic E-state index is 11.9. The van der Waals surface area contributed by atoms with E-state index >= 15 is 0 Å². The summed E-state index contributed by atoms with van der Waals surface area (Å²) < 4.78 is 2.04. The van der Waals surface area contributed by atoms with Crippen LogP contribution in [0.15, 0.2) is 5.16 Å². The number of thioether (sulfide) groups is 1. The van der Waals surface area contributed by atoms with Crippen LogP contribution in [0.3, 0.4) is 0 Å². The van der Waals surface area contributed by atoms with Crippen molar-refractivity contribution in [2.75, 3.05) is 11.1 Å². The van der Waals surface area contributed by atoms with Gasteiger partial charge < -0.3 is 4.57 Å². The van der Waals surface area contributed by atoms with Gasteiger partial charge in [0.1, 0.15) is 10.8 Å². The van der Waals surface area contributed by atoms with Crippen molar-refractivity contribution in [2.45, 2.75) is 39.4 Å². The van der Waals surface area contributed by atoms with E-state index in [1.165, 1.54) is 23.1 Å². The van der Waals surface area contributed by atoms with Gasteiger partial charge in [-0.3, -0.25) is 10.1 Å². The normalized spacial score (nSPS) is 11.1. The Bertz CT molecular complexity index is 621. The summed E-state index contributed by atoms with van der Waals surface area (Å²) in [5, 5.41) is 20.8.